The number of ether oxygens (including phenoxy) is 1. The van der Waals surface area contributed by atoms with Gasteiger partial charge in [-0.1, -0.05) is 6.07 Å². The van der Waals surface area contributed by atoms with Crippen LogP contribution in [0.5, 0.6) is 5.75 Å². The van der Waals surface area contributed by atoms with Crippen molar-refractivity contribution in [2.75, 3.05) is 0 Å². The lowest BCUT2D eigenvalue weighted by Gasteiger charge is -2.09. The van der Waals surface area contributed by atoms with Crippen LogP contribution in [-0.2, 0) is 4.79 Å². The van der Waals surface area contributed by atoms with Crippen LogP contribution < -0.4 is 4.74 Å². The fourth-order valence-corrected chi connectivity index (χ4v) is 1.20. The van der Waals surface area contributed by atoms with Crippen molar-refractivity contribution in [1.82, 2.24) is 0 Å². The van der Waals surface area contributed by atoms with Gasteiger partial charge in [0.05, 0.1) is 10.5 Å². The van der Waals surface area contributed by atoms with Crippen molar-refractivity contribution < 1.29 is 32.4 Å². The van der Waals surface area contributed by atoms with E-state index in [4.69, 9.17) is 0 Å². The normalized spacial score (nSPS) is 10.9. The van der Waals surface area contributed by atoms with Crippen LogP contribution in [0.4, 0.5) is 18.9 Å². The van der Waals surface area contributed by atoms with Gasteiger partial charge in [-0.3, -0.25) is 14.9 Å². The summed E-state index contributed by atoms with van der Waals surface area (Å²) >= 11 is 0. The lowest BCUT2D eigenvalue weighted by Crippen LogP contribution is -2.28. The van der Waals surface area contributed by atoms with Gasteiger partial charge >= 0.3 is 17.8 Å². The third-order valence-electron chi connectivity index (χ3n) is 2.00. The Hall–Kier alpha value is -2.45. The zero-order chi connectivity index (χ0) is 14.8. The number of halogens is 3. The van der Waals surface area contributed by atoms with Crippen LogP contribution in [-0.4, -0.2) is 22.9 Å². The molecular weight excluding hydrogens is 271 g/mol. The second-order valence-corrected chi connectivity index (χ2v) is 3.35. The van der Waals surface area contributed by atoms with Crippen molar-refractivity contribution in [2.45, 2.75) is 13.1 Å². The Balaban J connectivity index is 3.34. The summed E-state index contributed by atoms with van der Waals surface area (Å²) in [5.74, 6) is -4.42. The molecular formula is C10H6F3NO5. The standard InChI is InChI=1S/C10H6F3NO5/c1-5(15)6-3-2-4-7(14(17)18)8(6)19-9(16)10(11,12)13/h2-4H,1H3. The third-order valence-corrected chi connectivity index (χ3v) is 2.00. The SMILES string of the molecule is CC(=O)c1cccc([N+](=O)[O-])c1OC(=O)C(F)(F)F. The van der Waals surface area contributed by atoms with E-state index in [1.165, 1.54) is 0 Å². The number of rotatable bonds is 3. The molecule has 0 saturated carbocycles. The fraction of sp³-hybridized carbons (Fsp3) is 0.200. The molecule has 6 nitrogen and oxygen atoms in total. The summed E-state index contributed by atoms with van der Waals surface area (Å²) in [6, 6.07) is 2.94. The van der Waals surface area contributed by atoms with Gasteiger partial charge in [0.15, 0.2) is 5.78 Å². The number of para-hydroxylation sites is 1. The molecule has 0 saturated heterocycles. The summed E-state index contributed by atoms with van der Waals surface area (Å²) in [7, 11) is 0. The molecule has 0 unspecified atom stereocenters. The quantitative estimate of drug-likeness (QED) is 0.278. The van der Waals surface area contributed by atoms with Gasteiger partial charge in [0.25, 0.3) is 0 Å². The number of benzene rings is 1. The highest BCUT2D eigenvalue weighted by Gasteiger charge is 2.43. The summed E-state index contributed by atoms with van der Waals surface area (Å²) in [5, 5.41) is 10.6. The van der Waals surface area contributed by atoms with Crippen LogP contribution in [0.15, 0.2) is 18.2 Å². The minimum Gasteiger partial charge on any atom is -0.412 e. The van der Waals surface area contributed by atoms with Crippen LogP contribution in [0.25, 0.3) is 0 Å². The zero-order valence-electron chi connectivity index (χ0n) is 9.35. The summed E-state index contributed by atoms with van der Waals surface area (Å²) in [5.41, 5.74) is -1.38. The van der Waals surface area contributed by atoms with Crippen molar-refractivity contribution in [3.05, 3.63) is 33.9 Å². The first-order chi connectivity index (χ1) is 8.64. The average Bonchev–Trinajstić information content (AvgIpc) is 2.27. The minimum absolute atomic E-state index is 0.480. The van der Waals surface area contributed by atoms with E-state index in [0.29, 0.717) is 0 Å². The van der Waals surface area contributed by atoms with E-state index >= 15 is 0 Å². The van der Waals surface area contributed by atoms with Gasteiger partial charge in [-0.2, -0.15) is 13.2 Å². The molecule has 19 heavy (non-hydrogen) atoms. The second kappa shape index (κ2) is 5.04. The number of hydrogen-bond donors (Lipinski definition) is 0. The van der Waals surface area contributed by atoms with Crippen LogP contribution >= 0.6 is 0 Å². The fourth-order valence-electron chi connectivity index (χ4n) is 1.20. The second-order valence-electron chi connectivity index (χ2n) is 3.35. The largest absolute Gasteiger partial charge is 0.491 e. The number of nitrogens with zero attached hydrogens (tertiary/aromatic N) is 1. The molecule has 0 N–H and O–H groups in total. The van der Waals surface area contributed by atoms with Crippen molar-refractivity contribution in [3.8, 4) is 5.75 Å². The van der Waals surface area contributed by atoms with Crippen LogP contribution in [0.2, 0.25) is 0 Å². The van der Waals surface area contributed by atoms with Crippen molar-refractivity contribution >= 4 is 17.4 Å². The summed E-state index contributed by atoms with van der Waals surface area (Å²) in [4.78, 5) is 31.5. The van der Waals surface area contributed by atoms with Crippen LogP contribution in [0, 0.1) is 10.1 Å². The number of nitro groups is 1. The molecule has 0 radical (unpaired) electrons. The van der Waals surface area contributed by atoms with E-state index < -0.39 is 39.9 Å². The van der Waals surface area contributed by atoms with Crippen molar-refractivity contribution in [3.63, 3.8) is 0 Å². The molecule has 0 atom stereocenters. The molecule has 9 heteroatoms. The van der Waals surface area contributed by atoms with Gasteiger partial charge in [0, 0.05) is 6.07 Å². The number of ketones is 1. The van der Waals surface area contributed by atoms with Crippen molar-refractivity contribution in [2.24, 2.45) is 0 Å². The molecule has 1 aromatic carbocycles. The first-order valence-electron chi connectivity index (χ1n) is 4.72. The molecule has 102 valence electrons. The Morgan fingerprint density at radius 3 is 2.32 bits per heavy atom. The summed E-state index contributed by atoms with van der Waals surface area (Å²) in [6.45, 7) is 0.976. The number of carbonyl (C=O) groups is 2. The Bertz CT molecular complexity index is 520. The van der Waals surface area contributed by atoms with Crippen LogP contribution in [0.3, 0.4) is 0 Å². The molecule has 0 aromatic heterocycles. The van der Waals surface area contributed by atoms with Gasteiger partial charge in [-0.15, -0.1) is 0 Å². The number of carbonyl (C=O) groups excluding carboxylic acids is 2. The van der Waals surface area contributed by atoms with Crippen molar-refractivity contribution in [1.29, 1.82) is 0 Å². The van der Waals surface area contributed by atoms with E-state index in [-0.39, 0.29) is 0 Å². The third kappa shape index (κ3) is 3.27. The summed E-state index contributed by atoms with van der Waals surface area (Å²) in [6.07, 6.45) is -5.32. The van der Waals surface area contributed by atoms with E-state index in [0.717, 1.165) is 25.1 Å². The Labute approximate surface area is 103 Å². The predicted octanol–water partition coefficient (Wildman–Crippen LogP) is 2.27. The average molecular weight is 277 g/mol. The number of esters is 1. The lowest BCUT2D eigenvalue weighted by atomic mass is 10.1. The highest BCUT2D eigenvalue weighted by molar-refractivity contribution is 5.99. The number of Topliss-reactive ketones (excluding diaryl/α,β-unsaturated/α-hetero) is 1. The maximum atomic E-state index is 12.1. The molecule has 0 aliphatic rings. The predicted molar refractivity (Wildman–Crippen MR) is 54.8 cm³/mol. The zero-order valence-corrected chi connectivity index (χ0v) is 9.35. The molecule has 0 spiro atoms. The first-order valence-corrected chi connectivity index (χ1v) is 4.72. The van der Waals surface area contributed by atoms with E-state index in [1.807, 2.05) is 0 Å². The van der Waals surface area contributed by atoms with Crippen LogP contribution in [0.1, 0.15) is 17.3 Å². The Morgan fingerprint density at radius 2 is 1.89 bits per heavy atom. The topological polar surface area (TPSA) is 86.5 Å². The monoisotopic (exact) mass is 277 g/mol. The first kappa shape index (κ1) is 14.6. The van der Waals surface area contributed by atoms with Gasteiger partial charge < -0.3 is 4.74 Å². The highest BCUT2D eigenvalue weighted by Crippen LogP contribution is 2.33. The highest BCUT2D eigenvalue weighted by atomic mass is 19.4. The molecule has 0 aliphatic carbocycles. The number of nitro benzene ring substituents is 1. The molecule has 0 heterocycles. The van der Waals surface area contributed by atoms with Gasteiger partial charge in [-0.05, 0) is 13.0 Å². The van der Waals surface area contributed by atoms with E-state index in [9.17, 15) is 32.9 Å². The smallest absolute Gasteiger partial charge is 0.412 e. The molecule has 1 rings (SSSR count). The van der Waals surface area contributed by atoms with E-state index in [1.54, 1.807) is 0 Å². The number of alkyl halides is 3. The van der Waals surface area contributed by atoms with Gasteiger partial charge in [0.1, 0.15) is 0 Å². The minimum atomic E-state index is -5.32. The maximum Gasteiger partial charge on any atom is 0.491 e. The molecule has 0 bridgehead atoms. The lowest BCUT2D eigenvalue weighted by molar-refractivity contribution is -0.385. The number of hydrogen-bond acceptors (Lipinski definition) is 5. The molecule has 0 aliphatic heterocycles. The summed E-state index contributed by atoms with van der Waals surface area (Å²) < 4.78 is 40.2. The Kier molecular flexibility index (Phi) is 3.88. The van der Waals surface area contributed by atoms with E-state index in [2.05, 4.69) is 4.74 Å². The molecule has 0 amide bonds. The van der Waals surface area contributed by atoms with Gasteiger partial charge in [0.2, 0.25) is 5.75 Å². The molecule has 1 aromatic rings. The maximum absolute atomic E-state index is 12.1. The van der Waals surface area contributed by atoms with Gasteiger partial charge in [-0.25, -0.2) is 4.79 Å². The Morgan fingerprint density at radius 1 is 1.32 bits per heavy atom. The molecule has 0 fully saturated rings.